The molecule has 5 nitrogen and oxygen atoms in total. The number of rotatable bonds is 7. The molecule has 0 fully saturated rings. The van der Waals surface area contributed by atoms with Gasteiger partial charge in [0.2, 0.25) is 5.91 Å². The lowest BCUT2D eigenvalue weighted by Crippen LogP contribution is -2.33. The number of hydrogen-bond donors (Lipinski definition) is 1. The molecule has 0 aliphatic rings. The molecule has 0 saturated carbocycles. The molecule has 1 N–H and O–H groups in total. The van der Waals surface area contributed by atoms with Gasteiger partial charge in [0.25, 0.3) is 0 Å². The van der Waals surface area contributed by atoms with E-state index in [1.165, 1.54) is 0 Å². The van der Waals surface area contributed by atoms with Crippen molar-refractivity contribution in [1.29, 1.82) is 5.26 Å². The molecule has 0 aliphatic heterocycles. The van der Waals surface area contributed by atoms with Crippen LogP contribution in [-0.2, 0) is 4.79 Å². The van der Waals surface area contributed by atoms with Gasteiger partial charge in [0.05, 0.1) is 18.2 Å². The number of benzene rings is 2. The van der Waals surface area contributed by atoms with Crippen LogP contribution in [0.25, 0.3) is 0 Å². The van der Waals surface area contributed by atoms with E-state index >= 15 is 0 Å². The second kappa shape index (κ2) is 9.06. The van der Waals surface area contributed by atoms with Crippen molar-refractivity contribution >= 4 is 27.5 Å². The first-order valence-electron chi connectivity index (χ1n) is 7.44. The normalized spacial score (nSPS) is 10.2. The van der Waals surface area contributed by atoms with Gasteiger partial charge in [-0.05, 0) is 49.5 Å². The molecular weight excluding hydrogens is 370 g/mol. The molecule has 0 heterocycles. The molecule has 0 aromatic heterocycles. The minimum Gasteiger partial charge on any atom is -0.492 e. The summed E-state index contributed by atoms with van der Waals surface area (Å²) in [6, 6.07) is 16.5. The highest BCUT2D eigenvalue weighted by molar-refractivity contribution is 9.10. The molecule has 24 heavy (non-hydrogen) atoms. The third-order valence-corrected chi connectivity index (χ3v) is 3.77. The number of nitriles is 1. The van der Waals surface area contributed by atoms with E-state index < -0.39 is 0 Å². The van der Waals surface area contributed by atoms with Crippen LogP contribution >= 0.6 is 15.9 Å². The van der Waals surface area contributed by atoms with Crippen LogP contribution in [0.3, 0.4) is 0 Å². The fourth-order valence-corrected chi connectivity index (χ4v) is 2.31. The van der Waals surface area contributed by atoms with Gasteiger partial charge in [-0.3, -0.25) is 9.69 Å². The van der Waals surface area contributed by atoms with Gasteiger partial charge in [0.1, 0.15) is 12.4 Å². The highest BCUT2D eigenvalue weighted by Gasteiger charge is 2.07. The van der Waals surface area contributed by atoms with Gasteiger partial charge < -0.3 is 10.1 Å². The SMILES string of the molecule is CN(CCOc1ccc(Br)cc1)CC(=O)Nc1cccc(C#N)c1. The lowest BCUT2D eigenvalue weighted by atomic mass is 10.2. The van der Waals surface area contributed by atoms with Gasteiger partial charge in [0.15, 0.2) is 0 Å². The molecule has 2 aromatic rings. The Kier molecular flexibility index (Phi) is 6.79. The Morgan fingerprint density at radius 3 is 2.75 bits per heavy atom. The first kappa shape index (κ1) is 18.0. The summed E-state index contributed by atoms with van der Waals surface area (Å²) in [6.45, 7) is 1.37. The Bertz CT molecular complexity index is 726. The summed E-state index contributed by atoms with van der Waals surface area (Å²) < 4.78 is 6.64. The van der Waals surface area contributed by atoms with Crippen molar-refractivity contribution in [2.75, 3.05) is 32.1 Å². The van der Waals surface area contributed by atoms with Crippen LogP contribution in [0.1, 0.15) is 5.56 Å². The first-order chi connectivity index (χ1) is 11.6. The minimum absolute atomic E-state index is 0.128. The number of hydrogen-bond acceptors (Lipinski definition) is 4. The zero-order valence-corrected chi connectivity index (χ0v) is 14.9. The summed E-state index contributed by atoms with van der Waals surface area (Å²) in [5.41, 5.74) is 1.14. The second-order valence-electron chi connectivity index (χ2n) is 5.28. The van der Waals surface area contributed by atoms with Crippen molar-refractivity contribution in [1.82, 2.24) is 4.90 Å². The van der Waals surface area contributed by atoms with E-state index in [0.29, 0.717) is 24.4 Å². The zero-order valence-electron chi connectivity index (χ0n) is 13.3. The van der Waals surface area contributed by atoms with E-state index in [0.717, 1.165) is 10.2 Å². The molecule has 2 aromatic carbocycles. The van der Waals surface area contributed by atoms with Crippen molar-refractivity contribution in [3.8, 4) is 11.8 Å². The predicted molar refractivity (Wildman–Crippen MR) is 96.9 cm³/mol. The van der Waals surface area contributed by atoms with Gasteiger partial charge in [-0.2, -0.15) is 5.26 Å². The predicted octanol–water partition coefficient (Wildman–Crippen LogP) is 3.27. The third-order valence-electron chi connectivity index (χ3n) is 3.24. The van der Waals surface area contributed by atoms with Gasteiger partial charge in [-0.1, -0.05) is 22.0 Å². The van der Waals surface area contributed by atoms with Gasteiger partial charge in [-0.15, -0.1) is 0 Å². The van der Waals surface area contributed by atoms with Crippen LogP contribution in [0.2, 0.25) is 0 Å². The number of ether oxygens (including phenoxy) is 1. The lowest BCUT2D eigenvalue weighted by molar-refractivity contribution is -0.117. The largest absolute Gasteiger partial charge is 0.492 e. The van der Waals surface area contributed by atoms with Gasteiger partial charge in [0, 0.05) is 16.7 Å². The van der Waals surface area contributed by atoms with E-state index in [-0.39, 0.29) is 12.5 Å². The summed E-state index contributed by atoms with van der Waals surface area (Å²) in [6.07, 6.45) is 0. The van der Waals surface area contributed by atoms with E-state index in [9.17, 15) is 4.79 Å². The van der Waals surface area contributed by atoms with Crippen molar-refractivity contribution in [2.45, 2.75) is 0 Å². The molecule has 124 valence electrons. The van der Waals surface area contributed by atoms with Gasteiger partial charge >= 0.3 is 0 Å². The maximum Gasteiger partial charge on any atom is 0.238 e. The molecule has 2 rings (SSSR count). The number of nitrogens with one attached hydrogen (secondary N) is 1. The Morgan fingerprint density at radius 2 is 2.04 bits per heavy atom. The van der Waals surface area contributed by atoms with E-state index in [1.54, 1.807) is 24.3 Å². The number of anilines is 1. The maximum atomic E-state index is 12.0. The third kappa shape index (κ3) is 6.03. The fourth-order valence-electron chi connectivity index (χ4n) is 2.04. The van der Waals surface area contributed by atoms with Crippen LogP contribution in [-0.4, -0.2) is 37.6 Å². The Hall–Kier alpha value is -2.36. The van der Waals surface area contributed by atoms with E-state index in [2.05, 4.69) is 21.2 Å². The molecule has 6 heteroatoms. The second-order valence-corrected chi connectivity index (χ2v) is 6.20. The molecule has 0 aliphatic carbocycles. The van der Waals surface area contributed by atoms with Crippen molar-refractivity contribution in [3.05, 3.63) is 58.6 Å². The monoisotopic (exact) mass is 387 g/mol. The van der Waals surface area contributed by atoms with Gasteiger partial charge in [-0.25, -0.2) is 0 Å². The average Bonchev–Trinajstić information content (AvgIpc) is 2.56. The number of halogens is 1. The van der Waals surface area contributed by atoms with Crippen LogP contribution in [0, 0.1) is 11.3 Å². The van der Waals surface area contributed by atoms with Crippen LogP contribution in [0.4, 0.5) is 5.69 Å². The summed E-state index contributed by atoms with van der Waals surface area (Å²) in [4.78, 5) is 13.9. The highest BCUT2D eigenvalue weighted by Crippen LogP contribution is 2.16. The van der Waals surface area contributed by atoms with Crippen molar-refractivity contribution in [3.63, 3.8) is 0 Å². The average molecular weight is 388 g/mol. The fraction of sp³-hybridized carbons (Fsp3) is 0.222. The highest BCUT2D eigenvalue weighted by atomic mass is 79.9. The Morgan fingerprint density at radius 1 is 1.29 bits per heavy atom. The summed E-state index contributed by atoms with van der Waals surface area (Å²) in [7, 11) is 1.86. The summed E-state index contributed by atoms with van der Waals surface area (Å²) in [5.74, 6) is 0.667. The smallest absolute Gasteiger partial charge is 0.238 e. The van der Waals surface area contributed by atoms with Crippen molar-refractivity contribution < 1.29 is 9.53 Å². The Labute approximate surface area is 150 Å². The molecule has 0 unspecified atom stereocenters. The molecule has 0 atom stereocenters. The maximum absolute atomic E-state index is 12.0. The zero-order chi connectivity index (χ0) is 17.4. The van der Waals surface area contributed by atoms with Crippen LogP contribution in [0.15, 0.2) is 53.0 Å². The van der Waals surface area contributed by atoms with Crippen LogP contribution < -0.4 is 10.1 Å². The number of carbonyl (C=O) groups is 1. The summed E-state index contributed by atoms with van der Waals surface area (Å²) >= 11 is 3.37. The standard InChI is InChI=1S/C18H18BrN3O2/c1-22(9-10-24-17-7-5-15(19)6-8-17)13-18(23)21-16-4-2-3-14(11-16)12-20/h2-8,11H,9-10,13H2,1H3,(H,21,23). The molecule has 1 amide bonds. The molecule has 0 radical (unpaired) electrons. The molecule has 0 spiro atoms. The minimum atomic E-state index is -0.128. The molecular formula is C18H18BrN3O2. The number of amides is 1. The van der Waals surface area contributed by atoms with Crippen LogP contribution in [0.5, 0.6) is 5.75 Å². The number of nitrogens with zero attached hydrogens (tertiary/aromatic N) is 2. The topological polar surface area (TPSA) is 65.4 Å². The lowest BCUT2D eigenvalue weighted by Gasteiger charge is -2.16. The molecule has 0 saturated heterocycles. The quantitative estimate of drug-likeness (QED) is 0.791. The van der Waals surface area contributed by atoms with E-state index in [1.807, 2.05) is 42.3 Å². The Balaban J connectivity index is 1.73. The van der Waals surface area contributed by atoms with E-state index in [4.69, 9.17) is 10.00 Å². The van der Waals surface area contributed by atoms with Crippen molar-refractivity contribution in [2.24, 2.45) is 0 Å². The molecule has 0 bridgehead atoms. The number of likely N-dealkylation sites (N-methyl/N-ethyl adjacent to an activating group) is 1. The summed E-state index contributed by atoms with van der Waals surface area (Å²) in [5, 5.41) is 11.6. The number of carbonyl (C=O) groups excluding carboxylic acids is 1. The first-order valence-corrected chi connectivity index (χ1v) is 8.23.